The monoisotopic (exact) mass is 538 g/mol. The van der Waals surface area contributed by atoms with Gasteiger partial charge in [-0.25, -0.2) is 4.79 Å². The quantitative estimate of drug-likeness (QED) is 0.0792. The van der Waals surface area contributed by atoms with Crippen LogP contribution in [0.1, 0.15) is 44.3 Å². The number of carbonyl (C=O) groups excluding carboxylic acids is 3. The number of nitro groups is 1. The molecule has 0 aliphatic carbocycles. The first-order chi connectivity index (χ1) is 18.7. The maximum atomic E-state index is 13.3. The van der Waals surface area contributed by atoms with Crippen LogP contribution in [-0.4, -0.2) is 28.2 Å². The summed E-state index contributed by atoms with van der Waals surface area (Å²) in [7, 11) is 0. The molecule has 0 aliphatic rings. The topological polar surface area (TPSA) is 116 Å². The maximum absolute atomic E-state index is 13.3. The Hall–Kier alpha value is -4.89. The van der Waals surface area contributed by atoms with Crippen LogP contribution in [0.15, 0.2) is 112 Å². The zero-order chi connectivity index (χ0) is 27.9. The number of Topliss-reactive ketones (excluding diaryl/α,β-unsaturated/α-hetero) is 1. The van der Waals surface area contributed by atoms with Crippen LogP contribution in [0, 0.1) is 17.0 Å². The maximum Gasteiger partial charge on any atom is 0.332 e. The van der Waals surface area contributed by atoms with Crippen molar-refractivity contribution in [2.45, 2.75) is 23.6 Å². The minimum atomic E-state index is -0.730. The van der Waals surface area contributed by atoms with Gasteiger partial charge in [0.2, 0.25) is 5.78 Å². The van der Waals surface area contributed by atoms with E-state index in [0.29, 0.717) is 11.1 Å². The lowest BCUT2D eigenvalue weighted by atomic mass is 9.96. The first kappa shape index (κ1) is 27.2. The fraction of sp³-hybridized carbons (Fsp3) is 0.0667. The normalized spacial score (nSPS) is 11.1. The number of hydrogen-bond acceptors (Lipinski definition) is 8. The number of rotatable bonds is 9. The average molecular weight is 539 g/mol. The van der Waals surface area contributed by atoms with E-state index in [4.69, 9.17) is 4.84 Å². The van der Waals surface area contributed by atoms with E-state index in [9.17, 15) is 24.5 Å². The van der Waals surface area contributed by atoms with Crippen molar-refractivity contribution >= 4 is 40.7 Å². The molecule has 0 saturated carbocycles. The van der Waals surface area contributed by atoms with E-state index in [1.807, 2.05) is 30.3 Å². The first-order valence-electron chi connectivity index (χ1n) is 11.8. The lowest BCUT2D eigenvalue weighted by Crippen LogP contribution is -2.18. The Morgan fingerprint density at radius 1 is 0.769 bits per heavy atom. The van der Waals surface area contributed by atoms with Gasteiger partial charge >= 0.3 is 5.97 Å². The van der Waals surface area contributed by atoms with Gasteiger partial charge in [-0.05, 0) is 55.5 Å². The molecule has 8 nitrogen and oxygen atoms in total. The van der Waals surface area contributed by atoms with Crippen molar-refractivity contribution in [2.24, 2.45) is 5.16 Å². The molecule has 0 radical (unpaired) electrons. The molecule has 194 valence electrons. The van der Waals surface area contributed by atoms with Gasteiger partial charge in [-0.1, -0.05) is 59.4 Å². The molecule has 0 saturated heterocycles. The fourth-order valence-corrected chi connectivity index (χ4v) is 4.59. The summed E-state index contributed by atoms with van der Waals surface area (Å²) in [6, 6.07) is 27.3. The van der Waals surface area contributed by atoms with Crippen LogP contribution in [0.5, 0.6) is 0 Å². The van der Waals surface area contributed by atoms with Crippen molar-refractivity contribution in [3.63, 3.8) is 0 Å². The third-order valence-electron chi connectivity index (χ3n) is 5.74. The Morgan fingerprint density at radius 2 is 1.33 bits per heavy atom. The number of hydrogen-bond donors (Lipinski definition) is 0. The number of benzene rings is 4. The van der Waals surface area contributed by atoms with E-state index in [-0.39, 0.29) is 33.9 Å². The lowest BCUT2D eigenvalue weighted by molar-refractivity contribution is -0.385. The number of oxime groups is 1. The van der Waals surface area contributed by atoms with Crippen LogP contribution in [0.25, 0.3) is 0 Å². The van der Waals surface area contributed by atoms with Gasteiger partial charge in [0, 0.05) is 50.6 Å². The summed E-state index contributed by atoms with van der Waals surface area (Å²) in [6.07, 6.45) is 0. The average Bonchev–Trinajstić information content (AvgIpc) is 2.94. The minimum absolute atomic E-state index is 0.0554. The van der Waals surface area contributed by atoms with Gasteiger partial charge in [0.1, 0.15) is 0 Å². The van der Waals surface area contributed by atoms with E-state index >= 15 is 0 Å². The highest BCUT2D eigenvalue weighted by Crippen LogP contribution is 2.29. The van der Waals surface area contributed by atoms with Gasteiger partial charge < -0.3 is 4.84 Å². The van der Waals surface area contributed by atoms with E-state index in [2.05, 4.69) is 5.16 Å². The molecule has 0 atom stereocenters. The number of ketones is 2. The second-order valence-electron chi connectivity index (χ2n) is 8.40. The summed E-state index contributed by atoms with van der Waals surface area (Å²) in [5.41, 5.74) is 1.49. The molecule has 39 heavy (non-hydrogen) atoms. The van der Waals surface area contributed by atoms with E-state index < -0.39 is 16.7 Å². The zero-order valence-electron chi connectivity index (χ0n) is 21.0. The van der Waals surface area contributed by atoms with Crippen LogP contribution in [0.3, 0.4) is 0 Å². The van der Waals surface area contributed by atoms with Gasteiger partial charge in [-0.15, -0.1) is 0 Å². The molecule has 9 heteroatoms. The summed E-state index contributed by atoms with van der Waals surface area (Å²) in [5, 5.41) is 15.1. The summed E-state index contributed by atoms with van der Waals surface area (Å²) in [5.74, 6) is -1.34. The van der Waals surface area contributed by atoms with Gasteiger partial charge in [0.25, 0.3) is 5.69 Å². The molecule has 0 spiro atoms. The molecule has 4 aromatic carbocycles. The third-order valence-corrected chi connectivity index (χ3v) is 6.76. The van der Waals surface area contributed by atoms with Crippen molar-refractivity contribution < 1.29 is 24.1 Å². The molecule has 0 heterocycles. The highest BCUT2D eigenvalue weighted by atomic mass is 32.2. The molecule has 0 aliphatic heterocycles. The summed E-state index contributed by atoms with van der Waals surface area (Å²) >= 11 is 1.45. The van der Waals surface area contributed by atoms with Crippen LogP contribution >= 0.6 is 11.8 Å². The zero-order valence-corrected chi connectivity index (χ0v) is 21.8. The van der Waals surface area contributed by atoms with Crippen LogP contribution < -0.4 is 0 Å². The minimum Gasteiger partial charge on any atom is -0.318 e. The second-order valence-corrected chi connectivity index (χ2v) is 9.55. The van der Waals surface area contributed by atoms with Crippen LogP contribution in [-0.2, 0) is 9.63 Å². The predicted molar refractivity (Wildman–Crippen MR) is 147 cm³/mol. The Balaban J connectivity index is 1.53. The molecule has 0 aromatic heterocycles. The van der Waals surface area contributed by atoms with Gasteiger partial charge in [-0.3, -0.25) is 19.7 Å². The van der Waals surface area contributed by atoms with Gasteiger partial charge in [0.15, 0.2) is 11.5 Å². The lowest BCUT2D eigenvalue weighted by Gasteiger charge is -2.10. The summed E-state index contributed by atoms with van der Waals surface area (Å²) in [4.78, 5) is 54.7. The van der Waals surface area contributed by atoms with Crippen molar-refractivity contribution in [3.8, 4) is 0 Å². The second kappa shape index (κ2) is 12.1. The molecule has 4 aromatic rings. The Kier molecular flexibility index (Phi) is 8.43. The SMILES string of the molecule is CC(=O)ON=C(C(=O)c1ccc(Sc2ccc(C(=O)c3ccccc3)cc2)cc1)c1cccc([N+](=O)[O-])c1C. The van der Waals surface area contributed by atoms with Crippen molar-refractivity contribution in [1.82, 2.24) is 0 Å². The molecule has 0 bridgehead atoms. The molecule has 0 unspecified atom stereocenters. The first-order valence-corrected chi connectivity index (χ1v) is 12.6. The molecule has 0 N–H and O–H groups in total. The van der Waals surface area contributed by atoms with Crippen molar-refractivity contribution in [1.29, 1.82) is 0 Å². The van der Waals surface area contributed by atoms with Gasteiger partial charge in [-0.2, -0.15) is 0 Å². The van der Waals surface area contributed by atoms with Crippen molar-refractivity contribution in [2.75, 3.05) is 0 Å². The molecular weight excluding hydrogens is 516 g/mol. The number of nitro benzene ring substituents is 1. The standard InChI is InChI=1S/C30H22N2O6S/c1-19-26(9-6-10-27(19)32(36)37)28(31-38-20(2)33)30(35)23-13-17-25(18-14-23)39-24-15-11-22(12-16-24)29(34)21-7-4-3-5-8-21/h3-18H,1-2H3. The predicted octanol–water partition coefficient (Wildman–Crippen LogP) is 6.44. The molecule has 0 amide bonds. The highest BCUT2D eigenvalue weighted by molar-refractivity contribution is 7.99. The molecule has 0 fully saturated rings. The fourth-order valence-electron chi connectivity index (χ4n) is 3.78. The largest absolute Gasteiger partial charge is 0.332 e. The van der Waals surface area contributed by atoms with Crippen molar-refractivity contribution in [3.05, 3.63) is 135 Å². The van der Waals surface area contributed by atoms with E-state index in [1.165, 1.54) is 36.9 Å². The van der Waals surface area contributed by atoms with Gasteiger partial charge in [0.05, 0.1) is 4.92 Å². The summed E-state index contributed by atoms with van der Waals surface area (Å²) < 4.78 is 0. The Morgan fingerprint density at radius 3 is 1.90 bits per heavy atom. The molecular formula is C30H22N2O6S. The Labute approximate surface area is 228 Å². The molecule has 4 rings (SSSR count). The van der Waals surface area contributed by atoms with Crippen LogP contribution in [0.4, 0.5) is 5.69 Å². The van der Waals surface area contributed by atoms with E-state index in [0.717, 1.165) is 16.7 Å². The van der Waals surface area contributed by atoms with Crippen LogP contribution in [0.2, 0.25) is 0 Å². The highest BCUT2D eigenvalue weighted by Gasteiger charge is 2.24. The number of nitrogens with zero attached hydrogens (tertiary/aromatic N) is 2. The third kappa shape index (κ3) is 6.52. The smallest absolute Gasteiger partial charge is 0.318 e. The Bertz CT molecular complexity index is 1580. The number of carbonyl (C=O) groups is 3. The van der Waals surface area contributed by atoms with E-state index in [1.54, 1.807) is 48.5 Å². The summed E-state index contributed by atoms with van der Waals surface area (Å²) in [6.45, 7) is 2.64.